The van der Waals surface area contributed by atoms with Crippen LogP contribution >= 0.6 is 0 Å². The van der Waals surface area contributed by atoms with Crippen LogP contribution in [0.2, 0.25) is 0 Å². The first-order valence-electron chi connectivity index (χ1n) is 2.74. The van der Waals surface area contributed by atoms with Gasteiger partial charge in [0.25, 0.3) is 0 Å². The monoisotopic (exact) mass is 209 g/mol. The predicted molar refractivity (Wildman–Crippen MR) is 46.8 cm³/mol. The van der Waals surface area contributed by atoms with Crippen LogP contribution in [-0.2, 0) is 14.4 Å². The summed E-state index contributed by atoms with van der Waals surface area (Å²) in [5, 5.41) is 25.1. The van der Waals surface area contributed by atoms with E-state index in [9.17, 15) is 4.79 Å². The second-order valence-electron chi connectivity index (χ2n) is 1.53. The highest BCUT2D eigenvalue weighted by Gasteiger charge is 2.04. The molecule has 0 unspecified atom stereocenters. The van der Waals surface area contributed by atoms with E-state index in [1.54, 1.807) is 7.05 Å². The first-order chi connectivity index (χ1) is 5.41. The Morgan fingerprint density at radius 2 is 1.38 bits per heavy atom. The molecule has 4 N–H and O–H groups in total. The van der Waals surface area contributed by atoms with Gasteiger partial charge in [0, 0.05) is 0 Å². The molecule has 0 aromatic rings. The first-order valence-corrected chi connectivity index (χ1v) is 2.74. The number of nitrogens with one attached hydrogen (secondary N) is 1. The Bertz CT molecular complexity index is 170. The van der Waals surface area contributed by atoms with Crippen LogP contribution in [0.3, 0.4) is 0 Å². The van der Waals surface area contributed by atoms with Gasteiger partial charge in [-0.25, -0.2) is 9.59 Å². The van der Waals surface area contributed by atoms with Crippen molar-refractivity contribution in [2.24, 2.45) is 0 Å². The van der Waals surface area contributed by atoms with E-state index in [1.165, 1.54) is 0 Å². The molecule has 0 aliphatic carbocycles. The molecule has 76 valence electrons. The number of hydrogen-bond donors (Lipinski definition) is 4. The van der Waals surface area contributed by atoms with Crippen molar-refractivity contribution in [2.75, 3.05) is 13.6 Å². The van der Waals surface area contributed by atoms with Crippen molar-refractivity contribution in [3.63, 3.8) is 0 Å². The number of rotatable bonds is 2. The van der Waals surface area contributed by atoms with E-state index in [0.717, 1.165) is 0 Å². The molecule has 8 heteroatoms. The summed E-state index contributed by atoms with van der Waals surface area (Å²) in [6.07, 6.45) is 0. The maximum Gasteiger partial charge on any atom is 0.414 e. The van der Waals surface area contributed by atoms with E-state index in [0.29, 0.717) is 0 Å². The van der Waals surface area contributed by atoms with Crippen LogP contribution in [0, 0.1) is 0 Å². The quantitative estimate of drug-likeness (QED) is 0.287. The third-order valence-electron chi connectivity index (χ3n) is 0.511. The van der Waals surface area contributed by atoms with Gasteiger partial charge >= 0.3 is 17.9 Å². The normalized spacial score (nSPS) is 7.15. The van der Waals surface area contributed by atoms with Gasteiger partial charge in [0.15, 0.2) is 17.4 Å². The van der Waals surface area contributed by atoms with Crippen LogP contribution in [0.25, 0.3) is 0 Å². The highest BCUT2D eigenvalue weighted by Crippen LogP contribution is 1.56. The van der Waals surface area contributed by atoms with Crippen molar-refractivity contribution in [1.29, 1.82) is 0 Å². The van der Waals surface area contributed by atoms with Gasteiger partial charge in [-0.15, -0.1) is 0 Å². The summed E-state index contributed by atoms with van der Waals surface area (Å²) in [6, 6.07) is 0. The third-order valence-corrected chi connectivity index (χ3v) is 0.511. The Morgan fingerprint density at radius 3 is 1.38 bits per heavy atom. The molecule has 0 heterocycles. The van der Waals surface area contributed by atoms with Crippen LogP contribution in [0.15, 0.2) is 0 Å². The van der Waals surface area contributed by atoms with Gasteiger partial charge in [-0.3, -0.25) is 4.79 Å². The van der Waals surface area contributed by atoms with Gasteiger partial charge in [0.1, 0.15) is 0 Å². The molecule has 0 aromatic carbocycles. The van der Waals surface area contributed by atoms with Crippen molar-refractivity contribution >= 4 is 35.3 Å². The zero-order valence-corrected chi connectivity index (χ0v) is 6.27. The van der Waals surface area contributed by atoms with Gasteiger partial charge in [-0.05, 0) is 7.05 Å². The molecule has 0 atom stereocenters. The fraction of sp³-hybridized carbons (Fsp3) is 0.400. The number of carboxylic acids is 3. The summed E-state index contributed by atoms with van der Waals surface area (Å²) < 4.78 is 0. The Balaban J connectivity index is -0.000000143. The maximum absolute atomic E-state index is 9.54. The van der Waals surface area contributed by atoms with Crippen LogP contribution < -0.4 is 5.32 Å². The minimum atomic E-state index is -1.82. The van der Waals surface area contributed by atoms with Crippen LogP contribution in [-0.4, -0.2) is 64.2 Å². The van der Waals surface area contributed by atoms with Gasteiger partial charge in [-0.1, -0.05) is 0 Å². The topological polar surface area (TPSA) is 124 Å². The van der Waals surface area contributed by atoms with Crippen molar-refractivity contribution < 1.29 is 29.7 Å². The average Bonchev–Trinajstić information content (AvgIpc) is 1.87. The lowest BCUT2D eigenvalue weighted by Crippen LogP contribution is -2.16. The fourth-order valence-electron chi connectivity index (χ4n) is 0.151. The van der Waals surface area contributed by atoms with Crippen LogP contribution in [0.4, 0.5) is 0 Å². The van der Waals surface area contributed by atoms with E-state index in [4.69, 9.17) is 24.9 Å². The molecule has 13 heavy (non-hydrogen) atoms. The van der Waals surface area contributed by atoms with Gasteiger partial charge in [0.2, 0.25) is 0 Å². The lowest BCUT2D eigenvalue weighted by molar-refractivity contribution is -0.159. The molecule has 0 bridgehead atoms. The molecule has 0 amide bonds. The highest BCUT2D eigenvalue weighted by molar-refractivity contribution is 6.27. The van der Waals surface area contributed by atoms with E-state index in [-0.39, 0.29) is 23.9 Å². The molecule has 0 aliphatic heterocycles. The van der Waals surface area contributed by atoms with Crippen molar-refractivity contribution in [3.8, 4) is 0 Å². The molecule has 0 rings (SSSR count). The minimum absolute atomic E-state index is 0. The lowest BCUT2D eigenvalue weighted by Gasteiger charge is -1.84. The maximum atomic E-state index is 9.54. The molecule has 7 nitrogen and oxygen atoms in total. The average molecular weight is 209 g/mol. The Kier molecular flexibility index (Phi) is 15.0. The molecule has 0 saturated carbocycles. The zero-order valence-electron chi connectivity index (χ0n) is 6.27. The summed E-state index contributed by atoms with van der Waals surface area (Å²) in [5.74, 6) is -4.47. The molecule has 0 radical (unpaired) electrons. The Labute approximate surface area is 84.5 Å². The summed E-state index contributed by atoms with van der Waals surface area (Å²) in [4.78, 5) is 27.7. The Morgan fingerprint density at radius 1 is 1.08 bits per heavy atom. The summed E-state index contributed by atoms with van der Waals surface area (Å²) in [6.45, 7) is 0.0417. The van der Waals surface area contributed by atoms with Gasteiger partial charge in [-0.2, -0.15) is 0 Å². The third kappa shape index (κ3) is 24.8. The SMILES string of the molecule is CNCC(=O)O.O=C(O)C(=O)O.[AlH3]. The molecule has 0 aromatic heterocycles. The largest absolute Gasteiger partial charge is 0.480 e. The highest BCUT2D eigenvalue weighted by atomic mass is 27.0. The second-order valence-corrected chi connectivity index (χ2v) is 1.53. The number of carbonyl (C=O) groups is 3. The van der Waals surface area contributed by atoms with Crippen molar-refractivity contribution in [1.82, 2.24) is 5.32 Å². The summed E-state index contributed by atoms with van der Waals surface area (Å²) in [7, 11) is 1.59. The second kappa shape index (κ2) is 10.9. The van der Waals surface area contributed by atoms with E-state index < -0.39 is 17.9 Å². The smallest absolute Gasteiger partial charge is 0.414 e. The lowest BCUT2D eigenvalue weighted by atomic mass is 10.7. The van der Waals surface area contributed by atoms with Crippen LogP contribution in [0.5, 0.6) is 0 Å². The zero-order chi connectivity index (χ0) is 10.1. The first kappa shape index (κ1) is 17.9. The van der Waals surface area contributed by atoms with Gasteiger partial charge < -0.3 is 20.6 Å². The molecule has 0 spiro atoms. The Hall–Kier alpha value is -1.10. The summed E-state index contributed by atoms with van der Waals surface area (Å²) >= 11 is 0. The number of hydrogen-bond acceptors (Lipinski definition) is 4. The number of likely N-dealkylation sites (N-methyl/N-ethyl adjacent to an activating group) is 1. The molecular weight excluding hydrogens is 197 g/mol. The molecule has 0 fully saturated rings. The fourth-order valence-corrected chi connectivity index (χ4v) is 0.151. The summed E-state index contributed by atoms with van der Waals surface area (Å²) in [5.41, 5.74) is 0. The molecular formula is C5H12AlNO6. The number of aliphatic carboxylic acids is 3. The van der Waals surface area contributed by atoms with E-state index in [1.807, 2.05) is 0 Å². The number of carboxylic acid groups (broad SMARTS) is 3. The standard InChI is InChI=1S/C3H7NO2.C2H2O4.Al.3H/c1-4-2-3(5)6;3-1(4)2(5)6;;;;/h4H,2H2,1H3,(H,5,6);(H,3,4)(H,5,6);;;;. The van der Waals surface area contributed by atoms with Crippen molar-refractivity contribution in [3.05, 3.63) is 0 Å². The molecule has 0 saturated heterocycles. The van der Waals surface area contributed by atoms with Crippen LogP contribution in [0.1, 0.15) is 0 Å². The van der Waals surface area contributed by atoms with E-state index >= 15 is 0 Å². The predicted octanol–water partition coefficient (Wildman–Crippen LogP) is -2.74. The van der Waals surface area contributed by atoms with Crippen molar-refractivity contribution in [2.45, 2.75) is 0 Å². The van der Waals surface area contributed by atoms with E-state index in [2.05, 4.69) is 5.32 Å². The minimum Gasteiger partial charge on any atom is -0.480 e. The molecule has 0 aliphatic rings. The van der Waals surface area contributed by atoms with Gasteiger partial charge in [0.05, 0.1) is 6.54 Å².